The predicted octanol–water partition coefficient (Wildman–Crippen LogP) is 4.77. The number of aromatic nitrogens is 1. The van der Waals surface area contributed by atoms with Crippen LogP contribution in [0.4, 0.5) is 0 Å². The Kier molecular flexibility index (Phi) is 5.20. The minimum atomic E-state index is -0.354. The quantitative estimate of drug-likeness (QED) is 0.560. The number of nitrogens with zero attached hydrogens (tertiary/aromatic N) is 2. The highest BCUT2D eigenvalue weighted by atomic mass is 16.2. The lowest BCUT2D eigenvalue weighted by molar-refractivity contribution is -0.163. The monoisotopic (exact) mass is 441 g/mol. The third kappa shape index (κ3) is 3.45. The Balaban J connectivity index is 1.27. The molecule has 0 bridgehead atoms. The molecular weight excluding hydrogens is 410 g/mol. The maximum atomic E-state index is 13.6. The molecule has 3 aromatic rings. The van der Waals surface area contributed by atoms with Crippen molar-refractivity contribution < 1.29 is 9.59 Å². The van der Waals surface area contributed by atoms with E-state index in [-0.39, 0.29) is 29.9 Å². The molecule has 3 aliphatic heterocycles. The van der Waals surface area contributed by atoms with Gasteiger partial charge in [0.05, 0.1) is 6.04 Å². The molecule has 2 amide bonds. The van der Waals surface area contributed by atoms with Gasteiger partial charge in [-0.15, -0.1) is 0 Å². The fourth-order valence-corrected chi connectivity index (χ4v) is 6.31. The molecule has 1 aromatic heterocycles. The maximum absolute atomic E-state index is 13.6. The lowest BCUT2D eigenvalue weighted by Crippen LogP contribution is -2.65. The molecule has 3 aliphatic rings. The zero-order valence-corrected chi connectivity index (χ0v) is 19.0. The highest BCUT2D eigenvalue weighted by Crippen LogP contribution is 2.43. The van der Waals surface area contributed by atoms with Crippen LogP contribution in [-0.4, -0.2) is 45.2 Å². The zero-order chi connectivity index (χ0) is 22.4. The number of aryl methyl sites for hydroxylation is 1. The van der Waals surface area contributed by atoms with Crippen molar-refractivity contribution in [2.75, 3.05) is 6.54 Å². The number of rotatable bonds is 6. The van der Waals surface area contributed by atoms with Crippen molar-refractivity contribution in [3.05, 3.63) is 71.4 Å². The van der Waals surface area contributed by atoms with E-state index in [2.05, 4.69) is 53.5 Å². The lowest BCUT2D eigenvalue weighted by atomic mass is 9.86. The average Bonchev–Trinajstić information content (AvgIpc) is 3.48. The Bertz CT molecular complexity index is 1180. The Hall–Kier alpha value is -3.08. The highest BCUT2D eigenvalue weighted by Gasteiger charge is 2.52. The van der Waals surface area contributed by atoms with Gasteiger partial charge in [0.2, 0.25) is 11.8 Å². The van der Waals surface area contributed by atoms with Gasteiger partial charge in [0.1, 0.15) is 12.1 Å². The normalized spacial score (nSPS) is 24.2. The summed E-state index contributed by atoms with van der Waals surface area (Å²) in [6.45, 7) is 0.727. The van der Waals surface area contributed by atoms with E-state index < -0.39 is 0 Å². The number of aromatic amines is 1. The zero-order valence-electron chi connectivity index (χ0n) is 19.0. The third-order valence-electron chi connectivity index (χ3n) is 7.90. The summed E-state index contributed by atoms with van der Waals surface area (Å²) >= 11 is 0. The molecule has 2 saturated heterocycles. The molecule has 0 unspecified atom stereocenters. The molecule has 5 nitrogen and oxygen atoms in total. The van der Waals surface area contributed by atoms with Crippen molar-refractivity contribution in [3.63, 3.8) is 0 Å². The van der Waals surface area contributed by atoms with Gasteiger partial charge in [0.25, 0.3) is 0 Å². The van der Waals surface area contributed by atoms with E-state index in [1.165, 1.54) is 16.5 Å². The molecule has 6 rings (SSSR count). The molecule has 170 valence electrons. The molecule has 2 aromatic carbocycles. The summed E-state index contributed by atoms with van der Waals surface area (Å²) in [7, 11) is 0. The number of carbonyl (C=O) groups is 2. The second-order valence-electron chi connectivity index (χ2n) is 9.82. The molecule has 4 heterocycles. The summed E-state index contributed by atoms with van der Waals surface area (Å²) in [4.78, 5) is 34.5. The number of amides is 2. The predicted molar refractivity (Wildman–Crippen MR) is 129 cm³/mol. The van der Waals surface area contributed by atoms with Crippen molar-refractivity contribution in [1.29, 1.82) is 0 Å². The number of piperazine rings is 1. The number of hydrogen-bond donors (Lipinski definition) is 1. The fraction of sp³-hybridized carbons (Fsp3) is 0.429. The Morgan fingerprint density at radius 3 is 2.58 bits per heavy atom. The molecule has 0 aliphatic carbocycles. The van der Waals surface area contributed by atoms with Crippen LogP contribution in [0.1, 0.15) is 61.4 Å². The number of unbranched alkanes of at least 4 members (excludes halogenated alkanes) is 2. The molecule has 3 atom stereocenters. The van der Waals surface area contributed by atoms with Crippen molar-refractivity contribution in [2.45, 2.75) is 69.5 Å². The Morgan fingerprint density at radius 1 is 0.879 bits per heavy atom. The van der Waals surface area contributed by atoms with E-state index in [1.54, 1.807) is 0 Å². The molecule has 1 N–H and O–H groups in total. The van der Waals surface area contributed by atoms with Crippen LogP contribution in [0.2, 0.25) is 0 Å². The number of para-hydroxylation sites is 1. The summed E-state index contributed by atoms with van der Waals surface area (Å²) in [5, 5.41) is 1.20. The molecule has 0 radical (unpaired) electrons. The minimum absolute atomic E-state index is 0.0397. The van der Waals surface area contributed by atoms with Gasteiger partial charge in [-0.3, -0.25) is 9.59 Å². The Labute approximate surface area is 194 Å². The van der Waals surface area contributed by atoms with Crippen LogP contribution in [0.3, 0.4) is 0 Å². The van der Waals surface area contributed by atoms with Crippen LogP contribution in [-0.2, 0) is 22.4 Å². The fourth-order valence-electron chi connectivity index (χ4n) is 6.31. The standard InChI is InChI=1S/C28H31N3O2/c32-27-25-18-21-20-13-7-8-14-22(20)29-26(21)23(31(25)28(33)24-16-9-17-30(24)27)15-6-2-5-12-19-10-3-1-4-11-19/h1,3-4,7-8,10-11,13-14,23-25,29H,2,5-6,9,12,15-18H2/t23-,24+,25+/m1/s1. The lowest BCUT2D eigenvalue weighted by Gasteiger charge is -2.48. The van der Waals surface area contributed by atoms with Gasteiger partial charge in [0.15, 0.2) is 0 Å². The minimum Gasteiger partial charge on any atom is -0.356 e. The topological polar surface area (TPSA) is 56.4 Å². The largest absolute Gasteiger partial charge is 0.356 e. The van der Waals surface area contributed by atoms with Crippen LogP contribution >= 0.6 is 0 Å². The summed E-state index contributed by atoms with van der Waals surface area (Å²) < 4.78 is 0. The maximum Gasteiger partial charge on any atom is 0.246 e. The second-order valence-corrected chi connectivity index (χ2v) is 9.82. The summed E-state index contributed by atoms with van der Waals surface area (Å²) in [6.07, 6.45) is 7.65. The van der Waals surface area contributed by atoms with Crippen molar-refractivity contribution in [1.82, 2.24) is 14.8 Å². The Morgan fingerprint density at radius 2 is 1.70 bits per heavy atom. The first kappa shape index (κ1) is 20.5. The van der Waals surface area contributed by atoms with E-state index in [4.69, 9.17) is 0 Å². The van der Waals surface area contributed by atoms with Crippen molar-refractivity contribution in [2.24, 2.45) is 0 Å². The number of hydrogen-bond acceptors (Lipinski definition) is 2. The van der Waals surface area contributed by atoms with Crippen molar-refractivity contribution in [3.8, 4) is 0 Å². The van der Waals surface area contributed by atoms with Gasteiger partial charge < -0.3 is 14.8 Å². The molecule has 33 heavy (non-hydrogen) atoms. The smallest absolute Gasteiger partial charge is 0.246 e. The third-order valence-corrected chi connectivity index (χ3v) is 7.90. The van der Waals surface area contributed by atoms with Gasteiger partial charge in [-0.1, -0.05) is 61.4 Å². The number of fused-ring (bicyclic) bond motifs is 5. The van der Waals surface area contributed by atoms with Crippen LogP contribution < -0.4 is 0 Å². The van der Waals surface area contributed by atoms with E-state index in [0.717, 1.165) is 62.7 Å². The first-order valence-electron chi connectivity index (χ1n) is 12.5. The van der Waals surface area contributed by atoms with Gasteiger partial charge in [0, 0.05) is 29.6 Å². The molecule has 0 spiro atoms. The second kappa shape index (κ2) is 8.36. The average molecular weight is 442 g/mol. The van der Waals surface area contributed by atoms with Gasteiger partial charge in [-0.25, -0.2) is 0 Å². The number of carbonyl (C=O) groups excluding carboxylic acids is 2. The van der Waals surface area contributed by atoms with E-state index in [1.807, 2.05) is 15.9 Å². The molecular formula is C28H31N3O2. The molecule has 5 heteroatoms. The van der Waals surface area contributed by atoms with Crippen LogP contribution in [0.5, 0.6) is 0 Å². The summed E-state index contributed by atoms with van der Waals surface area (Å²) in [5.41, 5.74) is 4.88. The van der Waals surface area contributed by atoms with Gasteiger partial charge >= 0.3 is 0 Å². The van der Waals surface area contributed by atoms with Crippen LogP contribution in [0.25, 0.3) is 10.9 Å². The molecule has 2 fully saturated rings. The van der Waals surface area contributed by atoms with E-state index >= 15 is 0 Å². The van der Waals surface area contributed by atoms with Crippen LogP contribution in [0, 0.1) is 0 Å². The van der Waals surface area contributed by atoms with Gasteiger partial charge in [-0.05, 0) is 49.3 Å². The summed E-state index contributed by atoms with van der Waals surface area (Å²) in [6, 6.07) is 18.3. The van der Waals surface area contributed by atoms with Crippen molar-refractivity contribution >= 4 is 22.7 Å². The van der Waals surface area contributed by atoms with Gasteiger partial charge in [-0.2, -0.15) is 0 Å². The molecule has 0 saturated carbocycles. The number of benzene rings is 2. The van der Waals surface area contributed by atoms with E-state index in [9.17, 15) is 9.59 Å². The first-order valence-corrected chi connectivity index (χ1v) is 12.5. The van der Waals surface area contributed by atoms with Crippen LogP contribution in [0.15, 0.2) is 54.6 Å². The first-order chi connectivity index (χ1) is 16.2. The van der Waals surface area contributed by atoms with E-state index in [0.29, 0.717) is 6.42 Å². The SMILES string of the molecule is O=C1[C@@H]2Cc3c([nH]c4ccccc34)[C@@H](CCCCCc3ccccc3)N2C(=O)[C@@H]2CCCN12. The summed E-state index contributed by atoms with van der Waals surface area (Å²) in [5.74, 6) is 0.317. The number of nitrogens with one attached hydrogen (secondary N) is 1. The number of H-pyrrole nitrogens is 1. The highest BCUT2D eigenvalue weighted by molar-refractivity contribution is 5.99.